The maximum atomic E-state index is 13.0. The van der Waals surface area contributed by atoms with E-state index >= 15 is 0 Å². The van der Waals surface area contributed by atoms with Crippen LogP contribution in [-0.4, -0.2) is 18.3 Å². The van der Waals surface area contributed by atoms with E-state index in [0.29, 0.717) is 18.0 Å². The van der Waals surface area contributed by atoms with Crippen LogP contribution in [0.5, 0.6) is 0 Å². The van der Waals surface area contributed by atoms with Crippen molar-refractivity contribution in [1.82, 2.24) is 0 Å². The molecule has 0 spiro atoms. The second-order valence-electron chi connectivity index (χ2n) is 3.15. The van der Waals surface area contributed by atoms with Gasteiger partial charge in [0.1, 0.15) is 5.82 Å². The molecule has 0 bridgehead atoms. The molecule has 0 saturated carbocycles. The zero-order chi connectivity index (χ0) is 10.6. The first-order chi connectivity index (χ1) is 6.67. The first-order valence-electron chi connectivity index (χ1n) is 4.44. The number of benzene rings is 1. The van der Waals surface area contributed by atoms with Gasteiger partial charge in [-0.1, -0.05) is 11.6 Å². The van der Waals surface area contributed by atoms with Gasteiger partial charge in [-0.2, -0.15) is 0 Å². The van der Waals surface area contributed by atoms with Crippen molar-refractivity contribution in [3.63, 3.8) is 0 Å². The van der Waals surface area contributed by atoms with Gasteiger partial charge in [-0.3, -0.25) is 0 Å². The molecule has 3 N–H and O–H groups in total. The van der Waals surface area contributed by atoms with E-state index in [0.717, 1.165) is 5.56 Å². The highest BCUT2D eigenvalue weighted by atomic mass is 35.5. The molecule has 0 aliphatic rings. The molecule has 0 saturated heterocycles. The molecule has 14 heavy (non-hydrogen) atoms. The van der Waals surface area contributed by atoms with Crippen molar-refractivity contribution < 1.29 is 9.50 Å². The van der Waals surface area contributed by atoms with Crippen molar-refractivity contribution in [3.8, 4) is 0 Å². The summed E-state index contributed by atoms with van der Waals surface area (Å²) in [4.78, 5) is 0. The molecule has 1 atom stereocenters. The number of nitrogens with two attached hydrogens (primary N) is 1. The van der Waals surface area contributed by atoms with Crippen LogP contribution >= 0.6 is 11.6 Å². The molecule has 1 aromatic carbocycles. The Morgan fingerprint density at radius 2 is 2.14 bits per heavy atom. The lowest BCUT2D eigenvalue weighted by atomic mass is 9.96. The Morgan fingerprint density at radius 1 is 1.43 bits per heavy atom. The minimum Gasteiger partial charge on any atom is -0.396 e. The molecule has 0 aliphatic heterocycles. The van der Waals surface area contributed by atoms with Crippen LogP contribution in [-0.2, 0) is 0 Å². The van der Waals surface area contributed by atoms with E-state index in [1.807, 2.05) is 0 Å². The molecule has 1 unspecified atom stereocenters. The minimum atomic E-state index is -0.371. The summed E-state index contributed by atoms with van der Waals surface area (Å²) in [7, 11) is 0. The maximum absolute atomic E-state index is 13.0. The minimum absolute atomic E-state index is 0.0341. The maximum Gasteiger partial charge on any atom is 0.124 e. The van der Waals surface area contributed by atoms with Crippen LogP contribution in [0.2, 0.25) is 5.02 Å². The molecule has 1 aromatic rings. The summed E-state index contributed by atoms with van der Waals surface area (Å²) in [6, 6.07) is 4.33. The lowest BCUT2D eigenvalue weighted by Gasteiger charge is -2.13. The Labute approximate surface area is 87.5 Å². The van der Waals surface area contributed by atoms with Gasteiger partial charge in [-0.05, 0) is 42.6 Å². The lowest BCUT2D eigenvalue weighted by molar-refractivity contribution is 0.276. The van der Waals surface area contributed by atoms with Crippen LogP contribution in [0.25, 0.3) is 0 Å². The summed E-state index contributed by atoms with van der Waals surface area (Å²) in [6.45, 7) is 0.413. The van der Waals surface area contributed by atoms with Crippen LogP contribution in [0, 0.1) is 5.82 Å². The molecule has 0 aromatic heterocycles. The first kappa shape index (κ1) is 11.4. The first-order valence-corrected chi connectivity index (χ1v) is 4.82. The second kappa shape index (κ2) is 5.29. The summed E-state index contributed by atoms with van der Waals surface area (Å²) in [5.74, 6) is -0.405. The van der Waals surface area contributed by atoms with Crippen LogP contribution in [0.3, 0.4) is 0 Å². The van der Waals surface area contributed by atoms with Crippen LogP contribution < -0.4 is 5.73 Å². The monoisotopic (exact) mass is 217 g/mol. The van der Waals surface area contributed by atoms with E-state index in [9.17, 15) is 4.39 Å². The highest BCUT2D eigenvalue weighted by Crippen LogP contribution is 2.23. The summed E-state index contributed by atoms with van der Waals surface area (Å²) in [6.07, 6.45) is 0.524. The van der Waals surface area contributed by atoms with Crippen molar-refractivity contribution >= 4 is 11.6 Å². The van der Waals surface area contributed by atoms with Gasteiger partial charge in [0.05, 0.1) is 0 Å². The van der Waals surface area contributed by atoms with E-state index in [2.05, 4.69) is 0 Å². The summed E-state index contributed by atoms with van der Waals surface area (Å²) in [5, 5.41) is 9.14. The summed E-state index contributed by atoms with van der Waals surface area (Å²) < 4.78 is 13.0. The van der Waals surface area contributed by atoms with Gasteiger partial charge in [-0.25, -0.2) is 4.39 Å². The summed E-state index contributed by atoms with van der Waals surface area (Å²) >= 11 is 5.71. The van der Waals surface area contributed by atoms with Crippen molar-refractivity contribution in [2.75, 3.05) is 13.2 Å². The number of aliphatic hydroxyl groups is 1. The van der Waals surface area contributed by atoms with Crippen molar-refractivity contribution in [3.05, 3.63) is 34.6 Å². The van der Waals surface area contributed by atoms with E-state index in [-0.39, 0.29) is 18.3 Å². The third kappa shape index (κ3) is 2.94. The molecule has 0 aliphatic carbocycles. The Bertz CT molecular complexity index is 286. The number of aliphatic hydroxyl groups excluding tert-OH is 1. The van der Waals surface area contributed by atoms with Gasteiger partial charge in [0.15, 0.2) is 0 Å². The highest BCUT2D eigenvalue weighted by molar-refractivity contribution is 6.30. The fraction of sp³-hybridized carbons (Fsp3) is 0.400. The zero-order valence-corrected chi connectivity index (χ0v) is 8.47. The third-order valence-electron chi connectivity index (χ3n) is 2.12. The van der Waals surface area contributed by atoms with Crippen LogP contribution in [0.15, 0.2) is 18.2 Å². The molecule has 4 heteroatoms. The molecule has 0 amide bonds. The van der Waals surface area contributed by atoms with E-state index in [1.54, 1.807) is 6.07 Å². The fourth-order valence-corrected chi connectivity index (χ4v) is 1.62. The average molecular weight is 218 g/mol. The van der Waals surface area contributed by atoms with Crippen LogP contribution in [0.1, 0.15) is 17.9 Å². The SMILES string of the molecule is NCC(CCO)c1cc(F)cc(Cl)c1. The summed E-state index contributed by atoms with van der Waals surface area (Å²) in [5.41, 5.74) is 6.26. The molecule has 2 nitrogen and oxygen atoms in total. The largest absolute Gasteiger partial charge is 0.396 e. The molecule has 0 fully saturated rings. The second-order valence-corrected chi connectivity index (χ2v) is 3.58. The Morgan fingerprint density at radius 3 is 2.64 bits per heavy atom. The normalized spacial score (nSPS) is 12.9. The highest BCUT2D eigenvalue weighted by Gasteiger charge is 2.10. The fourth-order valence-electron chi connectivity index (χ4n) is 1.39. The van der Waals surface area contributed by atoms with Gasteiger partial charge in [0.2, 0.25) is 0 Å². The van der Waals surface area contributed by atoms with Gasteiger partial charge >= 0.3 is 0 Å². The third-order valence-corrected chi connectivity index (χ3v) is 2.34. The van der Waals surface area contributed by atoms with Gasteiger partial charge in [-0.15, -0.1) is 0 Å². The standard InChI is InChI=1S/C10H13ClFNO/c11-9-3-8(4-10(12)5-9)7(6-13)1-2-14/h3-5,7,14H,1-2,6,13H2. The number of rotatable bonds is 4. The number of hydrogen-bond donors (Lipinski definition) is 2. The lowest BCUT2D eigenvalue weighted by Crippen LogP contribution is -2.14. The molecule has 0 radical (unpaired) electrons. The Kier molecular flexibility index (Phi) is 4.32. The number of halogens is 2. The predicted octanol–water partition coefficient (Wildman–Crippen LogP) is 1.90. The molecule has 0 heterocycles. The van der Waals surface area contributed by atoms with Crippen LogP contribution in [0.4, 0.5) is 4.39 Å². The van der Waals surface area contributed by atoms with Crippen molar-refractivity contribution in [2.45, 2.75) is 12.3 Å². The van der Waals surface area contributed by atoms with E-state index in [1.165, 1.54) is 12.1 Å². The van der Waals surface area contributed by atoms with E-state index in [4.69, 9.17) is 22.4 Å². The Balaban J connectivity index is 2.91. The number of hydrogen-bond acceptors (Lipinski definition) is 2. The van der Waals surface area contributed by atoms with Crippen molar-refractivity contribution in [1.29, 1.82) is 0 Å². The zero-order valence-electron chi connectivity index (χ0n) is 7.71. The van der Waals surface area contributed by atoms with Gasteiger partial charge in [0.25, 0.3) is 0 Å². The topological polar surface area (TPSA) is 46.2 Å². The van der Waals surface area contributed by atoms with Crippen molar-refractivity contribution in [2.24, 2.45) is 5.73 Å². The Hall–Kier alpha value is -0.640. The molecular weight excluding hydrogens is 205 g/mol. The molecule has 78 valence electrons. The van der Waals surface area contributed by atoms with E-state index < -0.39 is 0 Å². The predicted molar refractivity (Wildman–Crippen MR) is 54.9 cm³/mol. The quantitative estimate of drug-likeness (QED) is 0.809. The van der Waals surface area contributed by atoms with Gasteiger partial charge < -0.3 is 10.8 Å². The molecular formula is C10H13ClFNO. The average Bonchev–Trinajstić information content (AvgIpc) is 2.12. The molecule has 1 rings (SSSR count). The van der Waals surface area contributed by atoms with Gasteiger partial charge in [0, 0.05) is 11.6 Å². The smallest absolute Gasteiger partial charge is 0.124 e.